The molecule has 2 heterocycles. The predicted octanol–water partition coefficient (Wildman–Crippen LogP) is 5.58. The Hall–Kier alpha value is -3.65. The van der Waals surface area contributed by atoms with E-state index < -0.39 is 17.3 Å². The molecule has 1 unspecified atom stereocenters. The first-order valence-electron chi connectivity index (χ1n) is 13.4. The monoisotopic (exact) mass is 532 g/mol. The highest BCUT2D eigenvalue weighted by molar-refractivity contribution is 5.94. The number of rotatable bonds is 7. The number of hydrogen-bond acceptors (Lipinski definition) is 5. The van der Waals surface area contributed by atoms with Crippen LogP contribution < -0.4 is 5.32 Å². The minimum absolute atomic E-state index is 0.172. The fourth-order valence-electron chi connectivity index (χ4n) is 5.23. The Labute approximate surface area is 231 Å². The number of hydrogen-bond donors (Lipinski definition) is 2. The van der Waals surface area contributed by atoms with Crippen LogP contribution in [0.4, 0.5) is 4.79 Å². The summed E-state index contributed by atoms with van der Waals surface area (Å²) in [6.07, 6.45) is 0.486. The summed E-state index contributed by atoms with van der Waals surface area (Å²) in [5.41, 5.74) is 1.70. The molecule has 0 saturated carbocycles. The molecule has 4 rings (SSSR count). The quantitative estimate of drug-likeness (QED) is 0.414. The van der Waals surface area contributed by atoms with E-state index in [1.807, 2.05) is 82.3 Å². The third-order valence-corrected chi connectivity index (χ3v) is 7.05. The lowest BCUT2D eigenvalue weighted by molar-refractivity contribution is -0.101. The minimum atomic E-state index is -1.00. The van der Waals surface area contributed by atoms with E-state index in [2.05, 4.69) is 10.4 Å². The summed E-state index contributed by atoms with van der Waals surface area (Å²) in [7, 11) is 1.76. The summed E-state index contributed by atoms with van der Waals surface area (Å²) in [5, 5.41) is 18.1. The molecule has 3 aromatic rings. The van der Waals surface area contributed by atoms with Gasteiger partial charge in [-0.1, -0.05) is 54.6 Å². The zero-order chi connectivity index (χ0) is 28.6. The molecule has 1 aliphatic rings. The van der Waals surface area contributed by atoms with E-state index >= 15 is 0 Å². The number of benzene rings is 2. The molecule has 39 heavy (non-hydrogen) atoms. The molecule has 0 radical (unpaired) electrons. The molecule has 2 aromatic carbocycles. The van der Waals surface area contributed by atoms with Crippen molar-refractivity contribution in [3.63, 3.8) is 0 Å². The van der Waals surface area contributed by atoms with Crippen LogP contribution in [0.5, 0.6) is 0 Å². The number of nitrogens with one attached hydrogen (secondary N) is 1. The normalized spacial score (nSPS) is 19.0. The van der Waals surface area contributed by atoms with Gasteiger partial charge in [0.15, 0.2) is 0 Å². The lowest BCUT2D eigenvalue weighted by Gasteiger charge is -2.45. The van der Waals surface area contributed by atoms with Gasteiger partial charge < -0.3 is 20.1 Å². The van der Waals surface area contributed by atoms with Crippen molar-refractivity contribution in [2.45, 2.75) is 77.2 Å². The van der Waals surface area contributed by atoms with Gasteiger partial charge in [0.05, 0.1) is 17.3 Å². The first-order chi connectivity index (χ1) is 18.2. The van der Waals surface area contributed by atoms with E-state index in [4.69, 9.17) is 4.74 Å². The van der Waals surface area contributed by atoms with Gasteiger partial charge in [-0.25, -0.2) is 4.79 Å². The topological polar surface area (TPSA) is 96.7 Å². The molecule has 208 valence electrons. The van der Waals surface area contributed by atoms with Crippen molar-refractivity contribution in [3.05, 3.63) is 77.5 Å². The summed E-state index contributed by atoms with van der Waals surface area (Å²) >= 11 is 0. The SMILES string of the molecule is C[C@@H](c1ccc(-c2cc(C(=O)NC(C)(C)C)n(C)n2)cc1)N1CCC(CC(C)(C)O)(c2ccccc2)OC1=O. The second-order valence-electron chi connectivity index (χ2n) is 12.2. The van der Waals surface area contributed by atoms with Gasteiger partial charge in [-0.3, -0.25) is 9.48 Å². The molecular formula is C31H40N4O4. The molecule has 0 aliphatic carbocycles. The highest BCUT2D eigenvalue weighted by atomic mass is 16.6. The van der Waals surface area contributed by atoms with Gasteiger partial charge in [0.2, 0.25) is 0 Å². The molecule has 1 aliphatic heterocycles. The Balaban J connectivity index is 1.50. The maximum absolute atomic E-state index is 13.3. The second kappa shape index (κ2) is 10.5. The predicted molar refractivity (Wildman–Crippen MR) is 151 cm³/mol. The molecular weight excluding hydrogens is 492 g/mol. The van der Waals surface area contributed by atoms with E-state index in [0.717, 1.165) is 16.7 Å². The van der Waals surface area contributed by atoms with Crippen molar-refractivity contribution >= 4 is 12.0 Å². The zero-order valence-electron chi connectivity index (χ0n) is 24.0. The Bertz CT molecular complexity index is 1320. The Morgan fingerprint density at radius 2 is 1.74 bits per heavy atom. The average Bonchev–Trinajstić information content (AvgIpc) is 3.24. The number of nitrogens with zero attached hydrogens (tertiary/aromatic N) is 3. The highest BCUT2D eigenvalue weighted by Crippen LogP contribution is 2.42. The molecule has 0 bridgehead atoms. The number of carbonyl (C=O) groups excluding carboxylic acids is 2. The maximum Gasteiger partial charge on any atom is 0.411 e. The van der Waals surface area contributed by atoms with E-state index in [1.54, 1.807) is 36.5 Å². The van der Waals surface area contributed by atoms with Crippen LogP contribution in [0.1, 0.15) is 82.0 Å². The van der Waals surface area contributed by atoms with E-state index in [0.29, 0.717) is 30.8 Å². The molecule has 8 heteroatoms. The van der Waals surface area contributed by atoms with Gasteiger partial charge >= 0.3 is 6.09 Å². The summed E-state index contributed by atoms with van der Waals surface area (Å²) in [5.74, 6) is -0.172. The van der Waals surface area contributed by atoms with Crippen LogP contribution in [0.25, 0.3) is 11.3 Å². The number of aliphatic hydroxyl groups is 1. The number of aromatic nitrogens is 2. The van der Waals surface area contributed by atoms with Gasteiger partial charge in [0.25, 0.3) is 5.91 Å². The Morgan fingerprint density at radius 1 is 1.10 bits per heavy atom. The van der Waals surface area contributed by atoms with Crippen LogP contribution in [-0.4, -0.2) is 49.5 Å². The number of cyclic esters (lactones) is 1. The Kier molecular flexibility index (Phi) is 7.63. The van der Waals surface area contributed by atoms with Crippen LogP contribution in [0.3, 0.4) is 0 Å². The first-order valence-corrected chi connectivity index (χ1v) is 13.4. The van der Waals surface area contributed by atoms with Crippen LogP contribution in [0.2, 0.25) is 0 Å². The number of amides is 2. The van der Waals surface area contributed by atoms with Gasteiger partial charge in [-0.05, 0) is 58.7 Å². The van der Waals surface area contributed by atoms with Crippen LogP contribution in [-0.2, 0) is 17.4 Å². The summed E-state index contributed by atoms with van der Waals surface area (Å²) in [4.78, 5) is 27.7. The third kappa shape index (κ3) is 6.50. The van der Waals surface area contributed by atoms with Gasteiger partial charge in [-0.2, -0.15) is 5.10 Å². The summed E-state index contributed by atoms with van der Waals surface area (Å²) in [6, 6.07) is 19.1. The van der Waals surface area contributed by atoms with Crippen molar-refractivity contribution in [1.82, 2.24) is 20.0 Å². The van der Waals surface area contributed by atoms with Crippen molar-refractivity contribution in [3.8, 4) is 11.3 Å². The van der Waals surface area contributed by atoms with Crippen LogP contribution >= 0.6 is 0 Å². The van der Waals surface area contributed by atoms with E-state index in [-0.39, 0.29) is 17.5 Å². The highest BCUT2D eigenvalue weighted by Gasteiger charge is 2.46. The molecule has 1 aromatic heterocycles. The lowest BCUT2D eigenvalue weighted by atomic mass is 9.80. The largest absolute Gasteiger partial charge is 0.438 e. The van der Waals surface area contributed by atoms with E-state index in [9.17, 15) is 14.7 Å². The second-order valence-corrected chi connectivity index (χ2v) is 12.2. The van der Waals surface area contributed by atoms with Gasteiger partial charge in [0.1, 0.15) is 11.3 Å². The number of carbonyl (C=O) groups is 2. The summed E-state index contributed by atoms with van der Waals surface area (Å²) in [6.45, 7) is 11.8. The van der Waals surface area contributed by atoms with E-state index in [1.165, 1.54) is 0 Å². The third-order valence-electron chi connectivity index (χ3n) is 7.05. The average molecular weight is 533 g/mol. The summed E-state index contributed by atoms with van der Waals surface area (Å²) < 4.78 is 7.72. The van der Waals surface area contributed by atoms with Gasteiger partial charge in [0, 0.05) is 37.5 Å². The zero-order valence-corrected chi connectivity index (χ0v) is 24.0. The van der Waals surface area contributed by atoms with Crippen molar-refractivity contribution < 1.29 is 19.4 Å². The smallest absolute Gasteiger partial charge is 0.411 e. The molecule has 8 nitrogen and oxygen atoms in total. The molecule has 1 saturated heterocycles. The Morgan fingerprint density at radius 3 is 2.31 bits per heavy atom. The van der Waals surface area contributed by atoms with Crippen LogP contribution in [0.15, 0.2) is 60.7 Å². The fraction of sp³-hybridized carbons (Fsp3) is 0.452. The minimum Gasteiger partial charge on any atom is -0.438 e. The van der Waals surface area contributed by atoms with Crippen molar-refractivity contribution in [1.29, 1.82) is 0 Å². The van der Waals surface area contributed by atoms with Crippen LogP contribution in [0, 0.1) is 0 Å². The first kappa shape index (κ1) is 28.4. The fourth-order valence-corrected chi connectivity index (χ4v) is 5.23. The maximum atomic E-state index is 13.3. The van der Waals surface area contributed by atoms with Gasteiger partial charge in [-0.15, -0.1) is 0 Å². The van der Waals surface area contributed by atoms with Crippen molar-refractivity contribution in [2.75, 3.05) is 6.54 Å². The molecule has 2 atom stereocenters. The number of aryl methyl sites for hydroxylation is 1. The lowest BCUT2D eigenvalue weighted by Crippen LogP contribution is -2.51. The van der Waals surface area contributed by atoms with Crippen molar-refractivity contribution in [2.24, 2.45) is 7.05 Å². The molecule has 1 fully saturated rings. The standard InChI is InChI=1S/C31H40N4O4/c1-21(35-18-17-31(39-28(35)37,20-30(5,6)38)24-11-9-8-10-12-24)22-13-15-23(16-14-22)25-19-26(34(7)33-25)27(36)32-29(2,3)4/h8-16,19,21,38H,17-18,20H2,1-7H3,(H,32,36)/t21-,31?/m0/s1. The number of ether oxygens (including phenoxy) is 1. The molecule has 2 N–H and O–H groups in total. The molecule has 0 spiro atoms. The molecule has 2 amide bonds.